The van der Waals surface area contributed by atoms with Gasteiger partial charge in [0, 0.05) is 5.56 Å². The Hall–Kier alpha value is -1.58. The van der Waals surface area contributed by atoms with Crippen molar-refractivity contribution in [1.82, 2.24) is 5.43 Å². The monoisotopic (exact) mass is 230 g/mol. The lowest BCUT2D eigenvalue weighted by Gasteiger charge is -2.18. The van der Waals surface area contributed by atoms with E-state index in [0.717, 1.165) is 5.56 Å². The molecule has 0 spiro atoms. The number of furan rings is 1. The van der Waals surface area contributed by atoms with E-state index in [-0.39, 0.29) is 6.04 Å². The largest absolute Gasteiger partial charge is 0.472 e. The van der Waals surface area contributed by atoms with Gasteiger partial charge in [-0.05, 0) is 49.1 Å². The van der Waals surface area contributed by atoms with Crippen molar-refractivity contribution in [3.05, 3.63) is 58.5 Å². The average molecular weight is 230 g/mol. The highest BCUT2D eigenvalue weighted by atomic mass is 16.3. The van der Waals surface area contributed by atoms with Crippen molar-refractivity contribution < 1.29 is 4.42 Å². The van der Waals surface area contributed by atoms with Crippen LogP contribution in [-0.4, -0.2) is 0 Å². The molecule has 1 unspecified atom stereocenters. The number of aryl methyl sites for hydroxylation is 3. The zero-order chi connectivity index (χ0) is 12.4. The lowest BCUT2D eigenvalue weighted by atomic mass is 9.93. The van der Waals surface area contributed by atoms with E-state index in [2.05, 4.69) is 38.3 Å². The van der Waals surface area contributed by atoms with Gasteiger partial charge in [-0.3, -0.25) is 5.84 Å². The predicted molar refractivity (Wildman–Crippen MR) is 68.5 cm³/mol. The molecule has 0 amide bonds. The van der Waals surface area contributed by atoms with Gasteiger partial charge in [-0.15, -0.1) is 0 Å². The van der Waals surface area contributed by atoms with Gasteiger partial charge in [0.05, 0.1) is 18.6 Å². The van der Waals surface area contributed by atoms with Gasteiger partial charge in [-0.25, -0.2) is 5.43 Å². The fourth-order valence-corrected chi connectivity index (χ4v) is 2.10. The van der Waals surface area contributed by atoms with Gasteiger partial charge in [0.25, 0.3) is 0 Å². The summed E-state index contributed by atoms with van der Waals surface area (Å²) in [7, 11) is 0. The van der Waals surface area contributed by atoms with Crippen molar-refractivity contribution in [2.45, 2.75) is 26.8 Å². The molecule has 0 saturated carbocycles. The first-order chi connectivity index (χ1) is 8.13. The Balaban J connectivity index is 2.48. The molecule has 0 bridgehead atoms. The van der Waals surface area contributed by atoms with Gasteiger partial charge in [-0.2, -0.15) is 0 Å². The van der Waals surface area contributed by atoms with Gasteiger partial charge < -0.3 is 4.42 Å². The molecule has 0 radical (unpaired) electrons. The molecule has 3 heteroatoms. The number of benzene rings is 1. The molecule has 1 aromatic heterocycles. The SMILES string of the molecule is Cc1cc(C)c(C(NN)c2ccoc2)cc1C. The first-order valence-corrected chi connectivity index (χ1v) is 5.69. The van der Waals surface area contributed by atoms with Crippen molar-refractivity contribution in [3.8, 4) is 0 Å². The van der Waals surface area contributed by atoms with Crippen molar-refractivity contribution >= 4 is 0 Å². The minimum Gasteiger partial charge on any atom is -0.472 e. The maximum atomic E-state index is 5.66. The van der Waals surface area contributed by atoms with E-state index < -0.39 is 0 Å². The van der Waals surface area contributed by atoms with Gasteiger partial charge in [0.1, 0.15) is 0 Å². The maximum absolute atomic E-state index is 5.66. The van der Waals surface area contributed by atoms with E-state index in [4.69, 9.17) is 10.3 Å². The number of hydrogen-bond acceptors (Lipinski definition) is 3. The van der Waals surface area contributed by atoms with E-state index >= 15 is 0 Å². The van der Waals surface area contributed by atoms with E-state index in [1.54, 1.807) is 12.5 Å². The second-order valence-corrected chi connectivity index (χ2v) is 4.45. The lowest BCUT2D eigenvalue weighted by Crippen LogP contribution is -2.29. The third-order valence-corrected chi connectivity index (χ3v) is 3.24. The highest BCUT2D eigenvalue weighted by Gasteiger charge is 2.16. The lowest BCUT2D eigenvalue weighted by molar-refractivity contribution is 0.553. The zero-order valence-corrected chi connectivity index (χ0v) is 10.4. The predicted octanol–water partition coefficient (Wildman–Crippen LogP) is 2.76. The van der Waals surface area contributed by atoms with Crippen molar-refractivity contribution in [3.63, 3.8) is 0 Å². The first-order valence-electron chi connectivity index (χ1n) is 5.69. The molecule has 17 heavy (non-hydrogen) atoms. The van der Waals surface area contributed by atoms with Crippen LogP contribution >= 0.6 is 0 Å². The summed E-state index contributed by atoms with van der Waals surface area (Å²) in [5, 5.41) is 0. The Bertz CT molecular complexity index is 503. The molecular weight excluding hydrogens is 212 g/mol. The Morgan fingerprint density at radius 1 is 1.12 bits per heavy atom. The van der Waals surface area contributed by atoms with Crippen LogP contribution in [0.4, 0.5) is 0 Å². The Morgan fingerprint density at radius 2 is 1.82 bits per heavy atom. The van der Waals surface area contributed by atoms with Crippen molar-refractivity contribution in [2.24, 2.45) is 5.84 Å². The molecule has 0 saturated heterocycles. The van der Waals surface area contributed by atoms with Crippen LogP contribution in [0.15, 0.2) is 35.1 Å². The van der Waals surface area contributed by atoms with Crippen LogP contribution in [0.25, 0.3) is 0 Å². The second-order valence-electron chi connectivity index (χ2n) is 4.45. The third-order valence-electron chi connectivity index (χ3n) is 3.24. The second kappa shape index (κ2) is 4.73. The minimum absolute atomic E-state index is 0.0203. The molecule has 0 aliphatic heterocycles. The average Bonchev–Trinajstić information content (AvgIpc) is 2.80. The fourth-order valence-electron chi connectivity index (χ4n) is 2.10. The van der Waals surface area contributed by atoms with Gasteiger partial charge >= 0.3 is 0 Å². The number of hydrogen-bond donors (Lipinski definition) is 2. The smallest absolute Gasteiger partial charge is 0.0954 e. The summed E-state index contributed by atoms with van der Waals surface area (Å²) >= 11 is 0. The molecule has 0 aliphatic rings. The fraction of sp³-hybridized carbons (Fsp3) is 0.286. The number of rotatable bonds is 3. The Kier molecular flexibility index (Phi) is 3.31. The molecule has 2 rings (SSSR count). The van der Waals surface area contributed by atoms with Crippen molar-refractivity contribution in [2.75, 3.05) is 0 Å². The highest BCUT2D eigenvalue weighted by molar-refractivity contribution is 5.41. The van der Waals surface area contributed by atoms with Crippen LogP contribution in [-0.2, 0) is 0 Å². The molecular formula is C14H18N2O. The first kappa shape index (κ1) is 11.9. The normalized spacial score (nSPS) is 12.7. The van der Waals surface area contributed by atoms with Gasteiger partial charge in [-0.1, -0.05) is 12.1 Å². The molecule has 0 aliphatic carbocycles. The summed E-state index contributed by atoms with van der Waals surface area (Å²) in [5.41, 5.74) is 8.89. The number of nitrogens with one attached hydrogen (secondary N) is 1. The van der Waals surface area contributed by atoms with Gasteiger partial charge in [0.2, 0.25) is 0 Å². The van der Waals surface area contributed by atoms with E-state index in [1.165, 1.54) is 22.3 Å². The summed E-state index contributed by atoms with van der Waals surface area (Å²) < 4.78 is 5.12. The molecule has 2 aromatic rings. The summed E-state index contributed by atoms with van der Waals surface area (Å²) in [4.78, 5) is 0. The molecule has 0 fully saturated rings. The zero-order valence-electron chi connectivity index (χ0n) is 10.4. The molecule has 90 valence electrons. The topological polar surface area (TPSA) is 51.2 Å². The summed E-state index contributed by atoms with van der Waals surface area (Å²) in [6.45, 7) is 6.34. The molecule has 3 N–H and O–H groups in total. The molecule has 1 aromatic carbocycles. The summed E-state index contributed by atoms with van der Waals surface area (Å²) in [6, 6.07) is 6.28. The van der Waals surface area contributed by atoms with Crippen LogP contribution in [0, 0.1) is 20.8 Å². The molecule has 1 atom stereocenters. The van der Waals surface area contributed by atoms with Crippen LogP contribution < -0.4 is 11.3 Å². The number of nitrogens with two attached hydrogens (primary N) is 1. The minimum atomic E-state index is -0.0203. The quantitative estimate of drug-likeness (QED) is 0.629. The standard InChI is InChI=1S/C14H18N2O/c1-9-6-11(3)13(7-10(9)2)14(16-15)12-4-5-17-8-12/h4-8,14,16H,15H2,1-3H3. The van der Waals surface area contributed by atoms with E-state index in [9.17, 15) is 0 Å². The Labute approximate surface area is 102 Å². The molecule has 1 heterocycles. The van der Waals surface area contributed by atoms with E-state index in [1.807, 2.05) is 6.07 Å². The maximum Gasteiger partial charge on any atom is 0.0954 e. The third kappa shape index (κ3) is 2.25. The van der Waals surface area contributed by atoms with Crippen LogP contribution in [0.3, 0.4) is 0 Å². The van der Waals surface area contributed by atoms with Crippen LogP contribution in [0.2, 0.25) is 0 Å². The van der Waals surface area contributed by atoms with Crippen LogP contribution in [0.5, 0.6) is 0 Å². The summed E-state index contributed by atoms with van der Waals surface area (Å²) in [6.07, 6.45) is 3.38. The van der Waals surface area contributed by atoms with Crippen molar-refractivity contribution in [1.29, 1.82) is 0 Å². The van der Waals surface area contributed by atoms with Gasteiger partial charge in [0.15, 0.2) is 0 Å². The highest BCUT2D eigenvalue weighted by Crippen LogP contribution is 2.26. The molecule has 3 nitrogen and oxygen atoms in total. The van der Waals surface area contributed by atoms with E-state index in [0.29, 0.717) is 0 Å². The summed E-state index contributed by atoms with van der Waals surface area (Å²) in [5.74, 6) is 5.66. The van der Waals surface area contributed by atoms with Crippen LogP contribution in [0.1, 0.15) is 33.9 Å². The number of hydrazine groups is 1. The Morgan fingerprint density at radius 3 is 2.41 bits per heavy atom.